The molecule has 38 heavy (non-hydrogen) atoms. The minimum absolute atomic E-state index is 0.653. The molecule has 228 valence electrons. The zero-order valence-electron chi connectivity index (χ0n) is 26.7. The summed E-state index contributed by atoms with van der Waals surface area (Å²) in [4.78, 5) is 4.51. The van der Waals surface area contributed by atoms with Crippen LogP contribution in [-0.2, 0) is 0 Å². The van der Waals surface area contributed by atoms with Crippen molar-refractivity contribution >= 4 is 5.96 Å². The lowest BCUT2D eigenvalue weighted by molar-refractivity contribution is 0.531. The van der Waals surface area contributed by atoms with E-state index < -0.39 is 0 Å². The lowest BCUT2D eigenvalue weighted by Crippen LogP contribution is -2.32. The quantitative estimate of drug-likeness (QED) is 0.0511. The Hall–Kier alpha value is -0.730. The molecule has 0 spiro atoms. The highest BCUT2D eigenvalue weighted by atomic mass is 15.1. The molecule has 0 aromatic heterocycles. The molecule has 0 fully saturated rings. The Morgan fingerprint density at radius 3 is 0.974 bits per heavy atom. The van der Waals surface area contributed by atoms with Crippen LogP contribution < -0.4 is 11.1 Å². The standard InChI is InChI=1S/C35H73N3/c1-3-5-7-9-11-13-15-17-19-21-23-25-27-29-31-33-37-35(36)38-34-32-30-28-26-24-22-20-18-16-14-12-10-8-6-4-2/h3-34H2,1-2H3,(H3,36,37,38). The molecule has 3 N–H and O–H groups in total. The number of nitrogens with one attached hydrogen (secondary N) is 1. The Balaban J connectivity index is 3.20. The van der Waals surface area contributed by atoms with Crippen LogP contribution in [0.15, 0.2) is 4.99 Å². The first-order valence-corrected chi connectivity index (χ1v) is 17.8. The number of unbranched alkanes of at least 4 members (excludes halogenated alkanes) is 28. The van der Waals surface area contributed by atoms with E-state index in [9.17, 15) is 0 Å². The zero-order valence-corrected chi connectivity index (χ0v) is 26.7. The first-order valence-electron chi connectivity index (χ1n) is 17.8. The molecule has 0 aliphatic carbocycles. The van der Waals surface area contributed by atoms with Crippen molar-refractivity contribution in [3.8, 4) is 0 Å². The summed E-state index contributed by atoms with van der Waals surface area (Å²) in [7, 11) is 0. The molecule has 0 heterocycles. The van der Waals surface area contributed by atoms with Gasteiger partial charge in [-0.1, -0.05) is 194 Å². The fourth-order valence-corrected chi connectivity index (χ4v) is 5.45. The lowest BCUT2D eigenvalue weighted by atomic mass is 10.0. The Labute approximate surface area is 241 Å². The lowest BCUT2D eigenvalue weighted by Gasteiger charge is -2.06. The van der Waals surface area contributed by atoms with Gasteiger partial charge in [0.1, 0.15) is 0 Å². The number of hydrogen-bond donors (Lipinski definition) is 2. The molecule has 0 aliphatic rings. The number of hydrogen-bond acceptors (Lipinski definition) is 1. The number of nitrogens with two attached hydrogens (primary N) is 1. The van der Waals surface area contributed by atoms with Crippen LogP contribution in [0, 0.1) is 0 Å². The number of guanidine groups is 1. The minimum atomic E-state index is 0.653. The molecule has 0 saturated carbocycles. The van der Waals surface area contributed by atoms with Crippen molar-refractivity contribution in [1.82, 2.24) is 5.32 Å². The first-order chi connectivity index (χ1) is 18.8. The third-order valence-corrected chi connectivity index (χ3v) is 8.13. The highest BCUT2D eigenvalue weighted by Gasteiger charge is 1.97. The van der Waals surface area contributed by atoms with E-state index in [1.165, 1.54) is 193 Å². The summed E-state index contributed by atoms with van der Waals surface area (Å²) in [5.74, 6) is 0.653. The molecule has 0 amide bonds. The topological polar surface area (TPSA) is 50.4 Å². The maximum Gasteiger partial charge on any atom is 0.188 e. The highest BCUT2D eigenvalue weighted by Crippen LogP contribution is 2.14. The molecular weight excluding hydrogens is 462 g/mol. The van der Waals surface area contributed by atoms with Gasteiger partial charge < -0.3 is 11.1 Å². The van der Waals surface area contributed by atoms with Crippen LogP contribution in [-0.4, -0.2) is 19.0 Å². The molecule has 0 aromatic carbocycles. The predicted molar refractivity (Wildman–Crippen MR) is 174 cm³/mol. The summed E-state index contributed by atoms with van der Waals surface area (Å²) in [6.45, 7) is 6.46. The largest absolute Gasteiger partial charge is 0.370 e. The molecule has 0 saturated heterocycles. The molecular formula is C35H73N3. The van der Waals surface area contributed by atoms with Crippen LogP contribution in [0.3, 0.4) is 0 Å². The van der Waals surface area contributed by atoms with Crippen molar-refractivity contribution in [3.05, 3.63) is 0 Å². The van der Waals surface area contributed by atoms with Gasteiger partial charge in [0.2, 0.25) is 0 Å². The van der Waals surface area contributed by atoms with Crippen molar-refractivity contribution < 1.29 is 0 Å². The second-order valence-corrected chi connectivity index (χ2v) is 12.1. The molecule has 0 radical (unpaired) electrons. The maximum absolute atomic E-state index is 6.03. The maximum atomic E-state index is 6.03. The highest BCUT2D eigenvalue weighted by molar-refractivity contribution is 5.77. The van der Waals surface area contributed by atoms with Gasteiger partial charge >= 0.3 is 0 Å². The molecule has 0 aliphatic heterocycles. The van der Waals surface area contributed by atoms with Crippen molar-refractivity contribution in [2.24, 2.45) is 10.7 Å². The minimum Gasteiger partial charge on any atom is -0.370 e. The normalized spacial score (nSPS) is 11.9. The van der Waals surface area contributed by atoms with Crippen LogP contribution in [0.25, 0.3) is 0 Å². The molecule has 0 aromatic rings. The fraction of sp³-hybridized carbons (Fsp3) is 0.971. The van der Waals surface area contributed by atoms with Crippen LogP contribution in [0.1, 0.15) is 206 Å². The SMILES string of the molecule is CCCCCCCCCCCCCCCCCN=C(N)NCCCCCCCCCCCCCCCCC. The van der Waals surface area contributed by atoms with Crippen molar-refractivity contribution in [2.75, 3.05) is 13.1 Å². The summed E-state index contributed by atoms with van der Waals surface area (Å²) in [6, 6.07) is 0. The van der Waals surface area contributed by atoms with Crippen LogP contribution in [0.5, 0.6) is 0 Å². The van der Waals surface area contributed by atoms with Gasteiger partial charge in [0.25, 0.3) is 0 Å². The summed E-state index contributed by atoms with van der Waals surface area (Å²) in [5, 5.41) is 3.31. The predicted octanol–water partition coefficient (Wildman–Crippen LogP) is 11.6. The molecule has 3 nitrogen and oxygen atoms in total. The van der Waals surface area contributed by atoms with Gasteiger partial charge in [0.05, 0.1) is 0 Å². The van der Waals surface area contributed by atoms with Crippen LogP contribution >= 0.6 is 0 Å². The second-order valence-electron chi connectivity index (χ2n) is 12.1. The average molecular weight is 536 g/mol. The smallest absolute Gasteiger partial charge is 0.188 e. The third-order valence-electron chi connectivity index (χ3n) is 8.13. The number of aliphatic imine (C=N–C) groups is 1. The zero-order chi connectivity index (χ0) is 27.6. The van der Waals surface area contributed by atoms with E-state index in [4.69, 9.17) is 5.73 Å². The van der Waals surface area contributed by atoms with Crippen LogP contribution in [0.2, 0.25) is 0 Å². The van der Waals surface area contributed by atoms with Gasteiger partial charge in [-0.25, -0.2) is 0 Å². The molecule has 3 heteroatoms. The van der Waals surface area contributed by atoms with E-state index in [-0.39, 0.29) is 0 Å². The Bertz CT molecular complexity index is 448. The van der Waals surface area contributed by atoms with Crippen molar-refractivity contribution in [2.45, 2.75) is 206 Å². The van der Waals surface area contributed by atoms with Crippen molar-refractivity contribution in [3.63, 3.8) is 0 Å². The number of nitrogens with zero attached hydrogens (tertiary/aromatic N) is 1. The summed E-state index contributed by atoms with van der Waals surface area (Å²) in [6.07, 6.45) is 42.2. The van der Waals surface area contributed by atoms with E-state index in [0.717, 1.165) is 13.1 Å². The Morgan fingerprint density at radius 2 is 0.658 bits per heavy atom. The molecule has 0 unspecified atom stereocenters. The molecule has 0 bridgehead atoms. The van der Waals surface area contributed by atoms with Gasteiger partial charge in [0, 0.05) is 13.1 Å². The van der Waals surface area contributed by atoms with E-state index in [0.29, 0.717) is 5.96 Å². The van der Waals surface area contributed by atoms with E-state index in [2.05, 4.69) is 24.2 Å². The van der Waals surface area contributed by atoms with E-state index in [1.54, 1.807) is 0 Å². The molecule has 0 rings (SSSR count). The Kier molecular flexibility index (Phi) is 33.6. The summed E-state index contributed by atoms with van der Waals surface area (Å²) < 4.78 is 0. The van der Waals surface area contributed by atoms with E-state index >= 15 is 0 Å². The monoisotopic (exact) mass is 536 g/mol. The van der Waals surface area contributed by atoms with Gasteiger partial charge in [0.15, 0.2) is 5.96 Å². The molecule has 0 atom stereocenters. The second kappa shape index (κ2) is 34.3. The van der Waals surface area contributed by atoms with E-state index in [1.807, 2.05) is 0 Å². The Morgan fingerprint density at radius 1 is 0.395 bits per heavy atom. The van der Waals surface area contributed by atoms with Gasteiger partial charge in [-0.05, 0) is 12.8 Å². The van der Waals surface area contributed by atoms with Gasteiger partial charge in [-0.2, -0.15) is 0 Å². The third kappa shape index (κ3) is 33.3. The van der Waals surface area contributed by atoms with Crippen LogP contribution in [0.4, 0.5) is 0 Å². The number of rotatable bonds is 32. The summed E-state index contributed by atoms with van der Waals surface area (Å²) in [5.41, 5.74) is 6.03. The average Bonchev–Trinajstić information content (AvgIpc) is 2.92. The first kappa shape index (κ1) is 37.3. The summed E-state index contributed by atoms with van der Waals surface area (Å²) >= 11 is 0. The van der Waals surface area contributed by atoms with Gasteiger partial charge in [-0.3, -0.25) is 4.99 Å². The van der Waals surface area contributed by atoms with Crippen molar-refractivity contribution in [1.29, 1.82) is 0 Å². The fourth-order valence-electron chi connectivity index (χ4n) is 5.45. The van der Waals surface area contributed by atoms with Gasteiger partial charge in [-0.15, -0.1) is 0 Å².